The first-order chi connectivity index (χ1) is 9.68. The van der Waals surface area contributed by atoms with E-state index in [2.05, 4.69) is 39.1 Å². The van der Waals surface area contributed by atoms with E-state index in [9.17, 15) is 5.26 Å². The predicted molar refractivity (Wildman–Crippen MR) is 85.9 cm³/mol. The summed E-state index contributed by atoms with van der Waals surface area (Å²) >= 11 is 0. The van der Waals surface area contributed by atoms with Crippen LogP contribution in [0.4, 0.5) is 0 Å². The summed E-state index contributed by atoms with van der Waals surface area (Å²) in [5.74, 6) is 0.802. The molecule has 0 spiro atoms. The fourth-order valence-electron chi connectivity index (χ4n) is 4.79. The molecule has 0 aromatic carbocycles. The summed E-state index contributed by atoms with van der Waals surface area (Å²) in [4.78, 5) is 0. The summed E-state index contributed by atoms with van der Waals surface area (Å²) in [5.41, 5.74) is 0.201. The lowest BCUT2D eigenvalue weighted by atomic mass is 9.70. The summed E-state index contributed by atoms with van der Waals surface area (Å²) in [6.07, 6.45) is 5.04. The van der Waals surface area contributed by atoms with Gasteiger partial charge in [-0.25, -0.2) is 0 Å². The van der Waals surface area contributed by atoms with Crippen molar-refractivity contribution in [2.45, 2.75) is 85.0 Å². The van der Waals surface area contributed by atoms with Crippen molar-refractivity contribution < 1.29 is 4.74 Å². The molecule has 0 saturated heterocycles. The Bertz CT molecular complexity index is 427. The van der Waals surface area contributed by atoms with Gasteiger partial charge in [0.15, 0.2) is 0 Å². The standard InChI is InChI=1S/C18H32N2O/c1-7-20-17(5,12-19)11-13(2)21-15-10-14-8-9-18(15,6)16(14,3)4/h13-15,20H,7-11H2,1-6H3. The molecule has 2 rings (SSSR count). The molecule has 5 unspecified atom stereocenters. The van der Waals surface area contributed by atoms with Crippen molar-refractivity contribution in [3.05, 3.63) is 0 Å². The maximum absolute atomic E-state index is 9.40. The molecule has 2 saturated carbocycles. The van der Waals surface area contributed by atoms with E-state index in [1.807, 2.05) is 13.8 Å². The molecule has 0 amide bonds. The van der Waals surface area contributed by atoms with Gasteiger partial charge in [-0.05, 0) is 56.4 Å². The largest absolute Gasteiger partial charge is 0.375 e. The highest BCUT2D eigenvalue weighted by atomic mass is 16.5. The molecule has 0 radical (unpaired) electrons. The van der Waals surface area contributed by atoms with Crippen molar-refractivity contribution in [2.24, 2.45) is 16.7 Å². The summed E-state index contributed by atoms with van der Waals surface area (Å²) < 4.78 is 6.44. The Kier molecular flexibility index (Phi) is 4.44. The van der Waals surface area contributed by atoms with Crippen LogP contribution >= 0.6 is 0 Å². The Morgan fingerprint density at radius 2 is 2.10 bits per heavy atom. The second kappa shape index (κ2) is 5.56. The minimum absolute atomic E-state index is 0.116. The summed E-state index contributed by atoms with van der Waals surface area (Å²) in [5, 5.41) is 12.7. The van der Waals surface area contributed by atoms with Gasteiger partial charge in [-0.15, -0.1) is 0 Å². The van der Waals surface area contributed by atoms with Crippen molar-refractivity contribution in [1.29, 1.82) is 5.26 Å². The smallest absolute Gasteiger partial charge is 0.106 e. The molecule has 21 heavy (non-hydrogen) atoms. The first kappa shape index (κ1) is 16.8. The van der Waals surface area contributed by atoms with Gasteiger partial charge < -0.3 is 4.74 Å². The fourth-order valence-corrected chi connectivity index (χ4v) is 4.79. The number of fused-ring (bicyclic) bond motifs is 2. The van der Waals surface area contributed by atoms with E-state index in [4.69, 9.17) is 4.74 Å². The molecule has 120 valence electrons. The van der Waals surface area contributed by atoms with Crippen LogP contribution in [0.3, 0.4) is 0 Å². The zero-order valence-corrected chi connectivity index (χ0v) is 14.6. The van der Waals surface area contributed by atoms with Crippen LogP contribution in [-0.4, -0.2) is 24.3 Å². The van der Waals surface area contributed by atoms with Gasteiger partial charge in [0.1, 0.15) is 5.54 Å². The van der Waals surface area contributed by atoms with Crippen LogP contribution in [0.1, 0.15) is 67.2 Å². The number of rotatable bonds is 6. The zero-order chi connectivity index (χ0) is 15.9. The van der Waals surface area contributed by atoms with Gasteiger partial charge in [-0.2, -0.15) is 5.26 Å². The number of hydrogen-bond donors (Lipinski definition) is 1. The molecule has 2 fully saturated rings. The average Bonchev–Trinajstić information content (AvgIpc) is 2.72. The second-order valence-corrected chi connectivity index (χ2v) is 8.22. The molecule has 2 aliphatic carbocycles. The molecule has 3 heteroatoms. The van der Waals surface area contributed by atoms with Crippen LogP contribution < -0.4 is 5.32 Å². The van der Waals surface area contributed by atoms with E-state index in [1.165, 1.54) is 19.3 Å². The average molecular weight is 292 g/mol. The van der Waals surface area contributed by atoms with Crippen LogP contribution in [0, 0.1) is 28.1 Å². The molecule has 2 bridgehead atoms. The van der Waals surface area contributed by atoms with Gasteiger partial charge in [0.25, 0.3) is 0 Å². The highest BCUT2D eigenvalue weighted by Crippen LogP contribution is 2.66. The number of hydrogen-bond acceptors (Lipinski definition) is 3. The molecule has 0 aliphatic heterocycles. The monoisotopic (exact) mass is 292 g/mol. The number of ether oxygens (including phenoxy) is 1. The van der Waals surface area contributed by atoms with Crippen molar-refractivity contribution in [2.75, 3.05) is 6.54 Å². The molecular weight excluding hydrogens is 260 g/mol. The number of nitriles is 1. The Morgan fingerprint density at radius 3 is 2.52 bits per heavy atom. The highest BCUT2D eigenvalue weighted by Gasteiger charge is 2.62. The van der Waals surface area contributed by atoms with E-state index in [0.29, 0.717) is 16.9 Å². The summed E-state index contributed by atoms with van der Waals surface area (Å²) in [7, 11) is 0. The third kappa shape index (κ3) is 2.73. The molecule has 1 N–H and O–H groups in total. The Hall–Kier alpha value is -0.590. The fraction of sp³-hybridized carbons (Fsp3) is 0.944. The van der Waals surface area contributed by atoms with Gasteiger partial charge in [-0.3, -0.25) is 5.32 Å². The number of nitrogens with one attached hydrogen (secondary N) is 1. The Balaban J connectivity index is 1.99. The Labute approximate surface area is 130 Å². The molecule has 0 aromatic rings. The van der Waals surface area contributed by atoms with Gasteiger partial charge >= 0.3 is 0 Å². The van der Waals surface area contributed by atoms with Crippen LogP contribution in [0.5, 0.6) is 0 Å². The minimum atomic E-state index is -0.484. The van der Waals surface area contributed by atoms with Gasteiger partial charge in [-0.1, -0.05) is 27.7 Å². The maximum atomic E-state index is 9.40. The van der Waals surface area contributed by atoms with E-state index >= 15 is 0 Å². The van der Waals surface area contributed by atoms with E-state index in [0.717, 1.165) is 18.9 Å². The lowest BCUT2D eigenvalue weighted by molar-refractivity contribution is -0.0863. The molecular formula is C18H32N2O. The van der Waals surface area contributed by atoms with Crippen LogP contribution in [0.2, 0.25) is 0 Å². The Morgan fingerprint density at radius 1 is 1.43 bits per heavy atom. The lowest BCUT2D eigenvalue weighted by Crippen LogP contribution is -2.45. The van der Waals surface area contributed by atoms with Crippen molar-refractivity contribution in [3.63, 3.8) is 0 Å². The normalized spacial score (nSPS) is 38.0. The topological polar surface area (TPSA) is 45.0 Å². The third-order valence-corrected chi connectivity index (χ3v) is 6.62. The summed E-state index contributed by atoms with van der Waals surface area (Å²) in [6, 6.07) is 2.40. The van der Waals surface area contributed by atoms with Crippen molar-refractivity contribution in [1.82, 2.24) is 5.32 Å². The van der Waals surface area contributed by atoms with Gasteiger partial charge in [0.05, 0.1) is 18.3 Å². The molecule has 0 aromatic heterocycles. The quantitative estimate of drug-likeness (QED) is 0.808. The lowest BCUT2D eigenvalue weighted by Gasteiger charge is -2.40. The van der Waals surface area contributed by atoms with Gasteiger partial charge in [0, 0.05) is 6.42 Å². The number of nitrogens with zero attached hydrogens (tertiary/aromatic N) is 1. The molecule has 0 heterocycles. The van der Waals surface area contributed by atoms with Crippen LogP contribution in [-0.2, 0) is 4.74 Å². The first-order valence-corrected chi connectivity index (χ1v) is 8.50. The van der Waals surface area contributed by atoms with E-state index in [-0.39, 0.29) is 6.10 Å². The minimum Gasteiger partial charge on any atom is -0.375 e. The first-order valence-electron chi connectivity index (χ1n) is 8.50. The SMILES string of the molecule is CCNC(C)(C#N)CC(C)OC1CC2CCC1(C)C2(C)C. The highest BCUT2D eigenvalue weighted by molar-refractivity contribution is 5.11. The molecule has 3 nitrogen and oxygen atoms in total. The van der Waals surface area contributed by atoms with E-state index < -0.39 is 5.54 Å². The van der Waals surface area contributed by atoms with Crippen molar-refractivity contribution >= 4 is 0 Å². The van der Waals surface area contributed by atoms with Gasteiger partial charge in [0.2, 0.25) is 0 Å². The zero-order valence-electron chi connectivity index (χ0n) is 14.6. The molecule has 5 atom stereocenters. The molecule has 2 aliphatic rings. The predicted octanol–water partition coefficient (Wildman–Crippen LogP) is 3.89. The van der Waals surface area contributed by atoms with E-state index in [1.54, 1.807) is 0 Å². The third-order valence-electron chi connectivity index (χ3n) is 6.62. The maximum Gasteiger partial charge on any atom is 0.106 e. The van der Waals surface area contributed by atoms with Crippen LogP contribution in [0.25, 0.3) is 0 Å². The second-order valence-electron chi connectivity index (χ2n) is 8.22. The van der Waals surface area contributed by atoms with Crippen molar-refractivity contribution in [3.8, 4) is 6.07 Å². The summed E-state index contributed by atoms with van der Waals surface area (Å²) in [6.45, 7) is 14.2. The van der Waals surface area contributed by atoms with Crippen LogP contribution in [0.15, 0.2) is 0 Å².